The summed E-state index contributed by atoms with van der Waals surface area (Å²) >= 11 is 7.54. The smallest absolute Gasteiger partial charge is 0.263 e. The normalized spacial score (nSPS) is 12.2. The summed E-state index contributed by atoms with van der Waals surface area (Å²) in [5.41, 5.74) is 1.04. The van der Waals surface area contributed by atoms with Gasteiger partial charge in [0, 0.05) is 29.7 Å². The van der Waals surface area contributed by atoms with Crippen molar-refractivity contribution in [3.63, 3.8) is 0 Å². The third-order valence-corrected chi connectivity index (χ3v) is 11.5. The zero-order chi connectivity index (χ0) is 36.8. The van der Waals surface area contributed by atoms with Crippen LogP contribution in [0.25, 0.3) is 32.7 Å². The maximum absolute atomic E-state index is 14.8. The molecule has 0 saturated carbocycles. The van der Waals surface area contributed by atoms with Crippen molar-refractivity contribution in [1.82, 2.24) is 9.13 Å². The lowest BCUT2D eigenvalue weighted by Crippen LogP contribution is -2.37. The SMILES string of the molecule is CCCCCCCCn1c(O)c2c(=Nc3ccccc3)c(Br)c3c(=O)n(CCCCCCCC)c(=O)c4c(Br)c(Nc5ccccc5)c(c1=O)c2c4-3. The van der Waals surface area contributed by atoms with Crippen LogP contribution in [0, 0.1) is 0 Å². The first-order valence-electron chi connectivity index (χ1n) is 18.7. The molecule has 2 N–H and O–H groups in total. The third-order valence-electron chi connectivity index (χ3n) is 9.97. The number of hydrogen-bond donors (Lipinski definition) is 2. The average Bonchev–Trinajstić information content (AvgIpc) is 3.14. The molecule has 0 bridgehead atoms. The summed E-state index contributed by atoms with van der Waals surface area (Å²) in [6.07, 6.45) is 12.1. The Kier molecular flexibility index (Phi) is 12.5. The second-order valence-electron chi connectivity index (χ2n) is 13.6. The minimum Gasteiger partial charge on any atom is -0.494 e. The molecule has 8 nitrogen and oxygen atoms in total. The lowest BCUT2D eigenvalue weighted by atomic mass is 9.89. The number of nitrogens with zero attached hydrogens (tertiary/aromatic N) is 3. The first-order valence-corrected chi connectivity index (χ1v) is 20.3. The van der Waals surface area contributed by atoms with E-state index in [9.17, 15) is 19.5 Å². The van der Waals surface area contributed by atoms with E-state index < -0.39 is 16.7 Å². The molecule has 0 atom stereocenters. The second kappa shape index (κ2) is 17.2. The van der Waals surface area contributed by atoms with Gasteiger partial charge in [0.05, 0.1) is 47.4 Å². The van der Waals surface area contributed by atoms with Crippen molar-refractivity contribution < 1.29 is 5.11 Å². The van der Waals surface area contributed by atoms with Crippen LogP contribution in [-0.4, -0.2) is 14.2 Å². The van der Waals surface area contributed by atoms with Gasteiger partial charge < -0.3 is 10.4 Å². The standard InChI is InChI=1S/C42H46Br2N4O4/c1-3-5-7-9-11-19-25-47-39(49)31-29-30-33(37(35(31)43)45-27-21-15-13-16-22-27)41(51)48(26-20-12-10-8-6-4-2)42(52)34(30)38(36(44)32(29)40(47)50)46-28-23-17-14-18-24-28/h13-18,21-24,45,52H,3-12,19-20,25-26H2,1-2H3. The zero-order valence-electron chi connectivity index (χ0n) is 29.9. The molecule has 3 aromatic carbocycles. The van der Waals surface area contributed by atoms with Crippen molar-refractivity contribution >= 4 is 70.5 Å². The molecule has 0 unspecified atom stereocenters. The molecule has 0 saturated heterocycles. The fourth-order valence-electron chi connectivity index (χ4n) is 7.27. The fourth-order valence-corrected chi connectivity index (χ4v) is 8.59. The molecule has 0 fully saturated rings. The van der Waals surface area contributed by atoms with E-state index >= 15 is 0 Å². The summed E-state index contributed by atoms with van der Waals surface area (Å²) in [5.74, 6) is -0.235. The summed E-state index contributed by atoms with van der Waals surface area (Å²) in [6.45, 7) is 4.92. The van der Waals surface area contributed by atoms with E-state index in [1.807, 2.05) is 60.7 Å². The minimum absolute atomic E-state index is 0.235. The van der Waals surface area contributed by atoms with Crippen LogP contribution in [0.5, 0.6) is 5.88 Å². The van der Waals surface area contributed by atoms with E-state index in [2.05, 4.69) is 51.0 Å². The zero-order valence-corrected chi connectivity index (χ0v) is 33.1. The minimum atomic E-state index is -0.447. The van der Waals surface area contributed by atoms with Crippen LogP contribution in [0.4, 0.5) is 17.1 Å². The Morgan fingerprint density at radius 3 is 1.75 bits per heavy atom. The molecule has 10 heteroatoms. The first kappa shape index (κ1) is 37.7. The highest BCUT2D eigenvalue weighted by Gasteiger charge is 2.33. The van der Waals surface area contributed by atoms with E-state index in [1.54, 1.807) is 0 Å². The number of aromatic nitrogens is 2. The predicted octanol–water partition coefficient (Wildman–Crippen LogP) is 10.6. The molecule has 2 heterocycles. The van der Waals surface area contributed by atoms with Crippen molar-refractivity contribution in [1.29, 1.82) is 0 Å². The highest BCUT2D eigenvalue weighted by Crippen LogP contribution is 2.47. The molecule has 272 valence electrons. The highest BCUT2D eigenvalue weighted by atomic mass is 79.9. The van der Waals surface area contributed by atoms with Gasteiger partial charge in [-0.05, 0) is 69.0 Å². The molecule has 2 aliphatic rings. The van der Waals surface area contributed by atoms with Crippen LogP contribution in [0.2, 0.25) is 0 Å². The van der Waals surface area contributed by atoms with Gasteiger partial charge in [0.1, 0.15) is 0 Å². The van der Waals surface area contributed by atoms with Crippen molar-refractivity contribution in [2.45, 2.75) is 104 Å². The monoisotopic (exact) mass is 828 g/mol. The van der Waals surface area contributed by atoms with Crippen LogP contribution in [0.1, 0.15) is 90.9 Å². The fraction of sp³-hybridized carbons (Fsp3) is 0.381. The van der Waals surface area contributed by atoms with Crippen LogP contribution in [0.3, 0.4) is 0 Å². The molecule has 0 amide bonds. The molecule has 1 aliphatic carbocycles. The van der Waals surface area contributed by atoms with Gasteiger partial charge in [-0.15, -0.1) is 0 Å². The van der Waals surface area contributed by atoms with E-state index in [-0.39, 0.29) is 28.8 Å². The van der Waals surface area contributed by atoms with Crippen LogP contribution < -0.4 is 27.4 Å². The molecule has 0 spiro atoms. The topological polar surface area (TPSA) is 106 Å². The van der Waals surface area contributed by atoms with Crippen LogP contribution in [-0.2, 0) is 13.1 Å². The second-order valence-corrected chi connectivity index (χ2v) is 15.2. The molecule has 52 heavy (non-hydrogen) atoms. The van der Waals surface area contributed by atoms with Gasteiger partial charge >= 0.3 is 0 Å². The Morgan fingerprint density at radius 1 is 0.596 bits per heavy atom. The molecular weight excluding hydrogens is 784 g/mol. The number of pyridine rings is 2. The van der Waals surface area contributed by atoms with Gasteiger partial charge in [0.2, 0.25) is 5.88 Å². The molecule has 4 aromatic rings. The van der Waals surface area contributed by atoms with E-state index in [0.717, 1.165) is 69.9 Å². The number of halogens is 2. The van der Waals surface area contributed by atoms with Gasteiger partial charge in [-0.3, -0.25) is 23.5 Å². The third kappa shape index (κ3) is 7.42. The van der Waals surface area contributed by atoms with Gasteiger partial charge in [-0.25, -0.2) is 4.99 Å². The Bertz CT molecular complexity index is 2360. The number of benzene rings is 4. The lowest BCUT2D eigenvalue weighted by molar-refractivity contribution is 0.406. The van der Waals surface area contributed by atoms with Gasteiger partial charge in [-0.1, -0.05) is 114 Å². The molecular formula is C42H46Br2N4O4. The number of unbranched alkanes of at least 4 members (excludes halogenated alkanes) is 10. The Morgan fingerprint density at radius 2 is 1.13 bits per heavy atom. The van der Waals surface area contributed by atoms with Gasteiger partial charge in [0.25, 0.3) is 16.7 Å². The van der Waals surface area contributed by atoms with Gasteiger partial charge in [-0.2, -0.15) is 0 Å². The van der Waals surface area contributed by atoms with E-state index in [0.29, 0.717) is 61.4 Å². The number of para-hydroxylation sites is 2. The summed E-state index contributed by atoms with van der Waals surface area (Å²) in [6, 6.07) is 18.8. The van der Waals surface area contributed by atoms with Crippen molar-refractivity contribution in [2.24, 2.45) is 4.99 Å². The Labute approximate surface area is 320 Å². The summed E-state index contributed by atoms with van der Waals surface area (Å²) in [7, 11) is 0. The van der Waals surface area contributed by atoms with E-state index in [4.69, 9.17) is 4.99 Å². The average molecular weight is 831 g/mol. The molecule has 0 radical (unpaired) electrons. The Balaban J connectivity index is 1.71. The number of nitrogens with one attached hydrogen (secondary N) is 1. The quantitative estimate of drug-likeness (QED) is 0.0703. The lowest BCUT2D eigenvalue weighted by Gasteiger charge is -2.24. The number of anilines is 2. The molecule has 1 aromatic heterocycles. The highest BCUT2D eigenvalue weighted by molar-refractivity contribution is 9.11. The van der Waals surface area contributed by atoms with Crippen molar-refractivity contribution in [2.75, 3.05) is 5.32 Å². The number of rotatable bonds is 17. The largest absolute Gasteiger partial charge is 0.494 e. The van der Waals surface area contributed by atoms with Crippen molar-refractivity contribution in [3.05, 3.63) is 106 Å². The van der Waals surface area contributed by atoms with Gasteiger partial charge in [0.15, 0.2) is 0 Å². The first-order chi connectivity index (χ1) is 25.3. The molecule has 6 rings (SSSR count). The van der Waals surface area contributed by atoms with Crippen LogP contribution in [0.15, 0.2) is 89.0 Å². The predicted molar refractivity (Wildman–Crippen MR) is 220 cm³/mol. The maximum atomic E-state index is 14.8. The Hall–Kier alpha value is -4.02. The summed E-state index contributed by atoms with van der Waals surface area (Å²) < 4.78 is 3.51. The number of hydrogen-bond acceptors (Lipinski definition) is 6. The summed E-state index contributed by atoms with van der Waals surface area (Å²) in [5, 5.41) is 17.1. The molecule has 1 aliphatic heterocycles. The maximum Gasteiger partial charge on any atom is 0.263 e. The summed E-state index contributed by atoms with van der Waals surface area (Å²) in [4.78, 5) is 48.8. The number of aromatic hydroxyl groups is 1. The van der Waals surface area contributed by atoms with E-state index in [1.165, 1.54) is 9.13 Å². The van der Waals surface area contributed by atoms with Crippen LogP contribution >= 0.6 is 31.9 Å². The van der Waals surface area contributed by atoms with Crippen molar-refractivity contribution in [3.8, 4) is 17.0 Å².